The normalized spacial score (nSPS) is 22.8. The van der Waals surface area contributed by atoms with Gasteiger partial charge in [-0.3, -0.25) is 4.79 Å². The Morgan fingerprint density at radius 1 is 1.15 bits per heavy atom. The number of carbonyl (C=O) groups excluding carboxylic acids is 1. The Labute approximate surface area is 159 Å². The molecule has 4 nitrogen and oxygen atoms in total. The first-order chi connectivity index (χ1) is 12.7. The fourth-order valence-corrected chi connectivity index (χ4v) is 5.42. The Morgan fingerprint density at radius 2 is 1.88 bits per heavy atom. The molecule has 0 spiro atoms. The van der Waals surface area contributed by atoms with Crippen LogP contribution in [0.4, 0.5) is 0 Å². The lowest BCUT2D eigenvalue weighted by molar-refractivity contribution is 0.0524. The first-order valence-electron chi connectivity index (χ1n) is 9.57. The Morgan fingerprint density at radius 3 is 2.62 bits per heavy atom. The van der Waals surface area contributed by atoms with Gasteiger partial charge in [-0.15, -0.1) is 11.3 Å². The molecule has 138 valence electrons. The molecule has 0 N–H and O–H groups in total. The van der Waals surface area contributed by atoms with Gasteiger partial charge in [0.25, 0.3) is 5.91 Å². The summed E-state index contributed by atoms with van der Waals surface area (Å²) in [6, 6.07) is 7.86. The summed E-state index contributed by atoms with van der Waals surface area (Å²) in [7, 11) is 1.66. The number of methoxy groups -OCH3 is 1. The van der Waals surface area contributed by atoms with Crippen molar-refractivity contribution in [3.8, 4) is 16.3 Å². The molecule has 2 fully saturated rings. The molecule has 2 atom stereocenters. The Bertz CT molecular complexity index is 784. The third-order valence-corrected chi connectivity index (χ3v) is 7.10. The van der Waals surface area contributed by atoms with Crippen molar-refractivity contribution >= 4 is 17.2 Å². The SMILES string of the molecule is COc1ccc(-c2nc(C)c(C(=O)N3CC[C@@H]4CCCC[C@H]4C3)s2)cc1. The molecule has 1 saturated heterocycles. The summed E-state index contributed by atoms with van der Waals surface area (Å²) in [4.78, 5) is 20.7. The molecular weight excluding hydrogens is 344 g/mol. The van der Waals surface area contributed by atoms with E-state index in [4.69, 9.17) is 4.74 Å². The van der Waals surface area contributed by atoms with E-state index in [0.717, 1.165) is 45.9 Å². The molecule has 1 amide bonds. The fraction of sp³-hybridized carbons (Fsp3) is 0.524. The average Bonchev–Trinajstić information content (AvgIpc) is 3.08. The first kappa shape index (κ1) is 17.5. The van der Waals surface area contributed by atoms with Crippen LogP contribution in [0.3, 0.4) is 0 Å². The lowest BCUT2D eigenvalue weighted by atomic mass is 9.75. The van der Waals surface area contributed by atoms with Crippen molar-refractivity contribution in [2.75, 3.05) is 20.2 Å². The largest absolute Gasteiger partial charge is 0.497 e. The zero-order chi connectivity index (χ0) is 18.1. The first-order valence-corrected chi connectivity index (χ1v) is 10.4. The van der Waals surface area contributed by atoms with E-state index < -0.39 is 0 Å². The van der Waals surface area contributed by atoms with Crippen molar-refractivity contribution in [1.82, 2.24) is 9.88 Å². The predicted molar refractivity (Wildman–Crippen MR) is 105 cm³/mol. The molecular formula is C21H26N2O2S. The van der Waals surface area contributed by atoms with Gasteiger partial charge < -0.3 is 9.64 Å². The molecule has 2 aromatic rings. The number of ether oxygens (including phenoxy) is 1. The van der Waals surface area contributed by atoms with Gasteiger partial charge in [0.05, 0.1) is 12.8 Å². The molecule has 5 heteroatoms. The molecule has 1 aromatic heterocycles. The highest BCUT2D eigenvalue weighted by Gasteiger charge is 2.34. The van der Waals surface area contributed by atoms with Gasteiger partial charge in [-0.1, -0.05) is 19.3 Å². The number of nitrogens with zero attached hydrogens (tertiary/aromatic N) is 2. The lowest BCUT2D eigenvalue weighted by Gasteiger charge is -2.41. The summed E-state index contributed by atoms with van der Waals surface area (Å²) in [5.41, 5.74) is 1.88. The maximum atomic E-state index is 13.1. The summed E-state index contributed by atoms with van der Waals surface area (Å²) >= 11 is 1.51. The molecule has 0 bridgehead atoms. The highest BCUT2D eigenvalue weighted by Crippen LogP contribution is 2.37. The van der Waals surface area contributed by atoms with E-state index in [1.165, 1.54) is 43.4 Å². The zero-order valence-electron chi connectivity index (χ0n) is 15.5. The van der Waals surface area contributed by atoms with E-state index in [1.807, 2.05) is 31.2 Å². The monoisotopic (exact) mass is 370 g/mol. The Kier molecular flexibility index (Phi) is 4.98. The molecule has 1 saturated carbocycles. The number of likely N-dealkylation sites (tertiary alicyclic amines) is 1. The van der Waals surface area contributed by atoms with E-state index in [1.54, 1.807) is 7.11 Å². The molecule has 1 aliphatic carbocycles. The highest BCUT2D eigenvalue weighted by atomic mass is 32.1. The maximum Gasteiger partial charge on any atom is 0.265 e. The van der Waals surface area contributed by atoms with Crippen LogP contribution in [0.25, 0.3) is 10.6 Å². The van der Waals surface area contributed by atoms with Crippen LogP contribution in [-0.4, -0.2) is 36.0 Å². The van der Waals surface area contributed by atoms with Crippen LogP contribution in [0.2, 0.25) is 0 Å². The lowest BCUT2D eigenvalue weighted by Crippen LogP contribution is -2.44. The van der Waals surface area contributed by atoms with E-state index in [-0.39, 0.29) is 5.91 Å². The Balaban J connectivity index is 1.52. The van der Waals surface area contributed by atoms with Crippen LogP contribution in [0.1, 0.15) is 47.5 Å². The van der Waals surface area contributed by atoms with Crippen LogP contribution in [0.15, 0.2) is 24.3 Å². The maximum absolute atomic E-state index is 13.1. The molecule has 0 unspecified atom stereocenters. The van der Waals surface area contributed by atoms with E-state index in [2.05, 4.69) is 9.88 Å². The molecule has 0 radical (unpaired) electrons. The standard InChI is InChI=1S/C21H26N2O2S/c1-14-19(26-20(22-14)16-7-9-18(25-2)10-8-16)21(24)23-12-11-15-5-3-4-6-17(15)13-23/h7-10,15,17H,3-6,11-13H2,1-2H3/t15-,17-/m0/s1. The number of benzene rings is 1. The number of rotatable bonds is 3. The van der Waals surface area contributed by atoms with Gasteiger partial charge in [0.1, 0.15) is 15.6 Å². The number of fused-ring (bicyclic) bond motifs is 1. The summed E-state index contributed by atoms with van der Waals surface area (Å²) in [6.07, 6.45) is 6.50. The van der Waals surface area contributed by atoms with Crippen LogP contribution in [0, 0.1) is 18.8 Å². The van der Waals surface area contributed by atoms with Crippen molar-refractivity contribution in [3.63, 3.8) is 0 Å². The summed E-state index contributed by atoms with van der Waals surface area (Å²) in [6.45, 7) is 3.78. The van der Waals surface area contributed by atoms with Crippen molar-refractivity contribution in [2.24, 2.45) is 11.8 Å². The minimum Gasteiger partial charge on any atom is -0.497 e. The molecule has 1 aromatic carbocycles. The number of carbonyl (C=O) groups is 1. The highest BCUT2D eigenvalue weighted by molar-refractivity contribution is 7.17. The third-order valence-electron chi connectivity index (χ3n) is 5.91. The number of thiazole rings is 1. The van der Waals surface area contributed by atoms with E-state index in [9.17, 15) is 4.79 Å². The summed E-state index contributed by atoms with van der Waals surface area (Å²) in [5, 5.41) is 0.904. The number of aryl methyl sites for hydroxylation is 1. The third kappa shape index (κ3) is 3.37. The topological polar surface area (TPSA) is 42.4 Å². The predicted octanol–water partition coefficient (Wildman–Crippen LogP) is 4.78. The number of amides is 1. The fourth-order valence-electron chi connectivity index (χ4n) is 4.38. The van der Waals surface area contributed by atoms with Crippen molar-refractivity contribution in [2.45, 2.75) is 39.0 Å². The van der Waals surface area contributed by atoms with Gasteiger partial charge in [-0.25, -0.2) is 4.98 Å². The van der Waals surface area contributed by atoms with Crippen molar-refractivity contribution in [3.05, 3.63) is 34.8 Å². The Hall–Kier alpha value is -1.88. The second-order valence-corrected chi connectivity index (χ2v) is 8.51. The van der Waals surface area contributed by atoms with Gasteiger partial charge in [-0.2, -0.15) is 0 Å². The quantitative estimate of drug-likeness (QED) is 0.781. The minimum absolute atomic E-state index is 0.170. The number of piperidine rings is 1. The van der Waals surface area contributed by atoms with Crippen molar-refractivity contribution < 1.29 is 9.53 Å². The molecule has 26 heavy (non-hydrogen) atoms. The molecule has 4 rings (SSSR count). The van der Waals surface area contributed by atoms with Gasteiger partial charge >= 0.3 is 0 Å². The smallest absolute Gasteiger partial charge is 0.265 e. The van der Waals surface area contributed by atoms with Crippen LogP contribution in [-0.2, 0) is 0 Å². The van der Waals surface area contributed by atoms with E-state index >= 15 is 0 Å². The second kappa shape index (κ2) is 7.39. The molecule has 2 aliphatic rings. The van der Waals surface area contributed by atoms with Gasteiger partial charge in [0.15, 0.2) is 0 Å². The van der Waals surface area contributed by atoms with Crippen LogP contribution < -0.4 is 4.74 Å². The van der Waals surface area contributed by atoms with Gasteiger partial charge in [-0.05, 0) is 55.9 Å². The number of hydrogen-bond donors (Lipinski definition) is 0. The summed E-state index contributed by atoms with van der Waals surface area (Å²) < 4.78 is 5.22. The summed E-state index contributed by atoms with van der Waals surface area (Å²) in [5.74, 6) is 2.54. The van der Waals surface area contributed by atoms with Gasteiger partial charge in [0, 0.05) is 18.7 Å². The number of aromatic nitrogens is 1. The number of hydrogen-bond acceptors (Lipinski definition) is 4. The van der Waals surface area contributed by atoms with Crippen molar-refractivity contribution in [1.29, 1.82) is 0 Å². The van der Waals surface area contributed by atoms with E-state index in [0.29, 0.717) is 5.92 Å². The second-order valence-electron chi connectivity index (χ2n) is 7.51. The molecule has 1 aliphatic heterocycles. The molecule has 2 heterocycles. The minimum atomic E-state index is 0.170. The van der Waals surface area contributed by atoms with Crippen LogP contribution in [0.5, 0.6) is 5.75 Å². The van der Waals surface area contributed by atoms with Crippen LogP contribution >= 0.6 is 11.3 Å². The van der Waals surface area contributed by atoms with Gasteiger partial charge in [0.2, 0.25) is 0 Å². The zero-order valence-corrected chi connectivity index (χ0v) is 16.3. The average molecular weight is 371 g/mol.